The van der Waals surface area contributed by atoms with Crippen molar-refractivity contribution in [2.45, 2.75) is 52.7 Å². The van der Waals surface area contributed by atoms with E-state index in [9.17, 15) is 47.0 Å². The SMILES string of the molecule is NCC(=O)c1ccc(F)c(F)c1.On1nnc2ccccc21.[C-]#[N+]c1ccc(C[C@@H](C(=O)NCC(=O)c2ccc(F)c(F)c2)[C@@H](C)O)c(C)c1Cl.[C-]#[N+]c1ccc(C[C@@H](C(=O)O)[C@@H](C)O)c(C)c1Cl. The predicted molar refractivity (Wildman–Crippen MR) is 248 cm³/mol. The number of hydrogen-bond donors (Lipinski definition) is 6. The summed E-state index contributed by atoms with van der Waals surface area (Å²) in [5.74, 6) is -8.60. The van der Waals surface area contributed by atoms with Crippen LogP contribution in [0.5, 0.6) is 0 Å². The van der Waals surface area contributed by atoms with E-state index in [-0.39, 0.29) is 35.5 Å². The van der Waals surface area contributed by atoms with Crippen molar-refractivity contribution in [2.75, 3.05) is 13.1 Å². The summed E-state index contributed by atoms with van der Waals surface area (Å²) < 4.78 is 51.1. The van der Waals surface area contributed by atoms with Crippen LogP contribution in [-0.2, 0) is 22.4 Å². The number of aliphatic carboxylic acids is 1. The molecule has 362 valence electrons. The minimum absolute atomic E-state index is 0.0739. The number of amides is 1. The molecule has 6 rings (SSSR count). The molecule has 69 heavy (non-hydrogen) atoms. The number of aliphatic hydroxyl groups excluding tert-OH is 2. The summed E-state index contributed by atoms with van der Waals surface area (Å²) in [6.07, 6.45) is -1.63. The molecule has 7 N–H and O–H groups in total. The molecule has 15 nitrogen and oxygen atoms in total. The third-order valence-corrected chi connectivity index (χ3v) is 11.3. The van der Waals surface area contributed by atoms with Crippen LogP contribution in [0, 0.1) is 62.1 Å². The number of ketones is 2. The number of carbonyl (C=O) groups is 4. The van der Waals surface area contributed by atoms with Gasteiger partial charge < -0.3 is 31.6 Å². The Kier molecular flexibility index (Phi) is 21.4. The first-order valence-corrected chi connectivity index (χ1v) is 21.2. The van der Waals surface area contributed by atoms with Gasteiger partial charge in [-0.25, -0.2) is 27.3 Å². The Hall–Kier alpha value is -7.26. The molecule has 1 aromatic heterocycles. The summed E-state index contributed by atoms with van der Waals surface area (Å²) >= 11 is 12.2. The standard InChI is InChI=1S/C21H19ClF2N2O3.C13H14ClNO3.C8H7F2NO.C6H5N3O/c1-11-13(5-7-18(25-3)20(11)22)8-15(12(2)27)21(29)26-10-19(28)14-4-6-16(23)17(24)9-14;1-7-9(4-5-11(15-3)12(7)14)6-10(8(2)16)13(17)18;9-6-2-1-5(3-7(6)10)8(12)4-11;10-9-6-4-2-1-3-5(6)7-8-9/h4-7,9,12,15,27H,8,10H2,1-2H3,(H,26,29);4-5,8,10,16H,6H2,1-2H3,(H,17,18);1-3H,4,11H2;1-4,10H/t12-,15-;8-,10-;;/m11../s1. The monoisotopic (exact) mass is 993 g/mol. The zero-order valence-electron chi connectivity index (χ0n) is 37.2. The number of aromatic nitrogens is 3. The van der Waals surface area contributed by atoms with Crippen LogP contribution < -0.4 is 11.1 Å². The zero-order chi connectivity index (χ0) is 51.7. The van der Waals surface area contributed by atoms with Gasteiger partial charge in [0.1, 0.15) is 11.0 Å². The van der Waals surface area contributed by atoms with Gasteiger partial charge in [0.05, 0.1) is 60.3 Å². The van der Waals surface area contributed by atoms with Crippen molar-refractivity contribution in [3.05, 3.63) is 174 Å². The molecule has 0 aliphatic rings. The molecule has 0 aliphatic heterocycles. The maximum absolute atomic E-state index is 13.3. The van der Waals surface area contributed by atoms with Crippen LogP contribution in [0.4, 0.5) is 28.9 Å². The maximum atomic E-state index is 13.3. The first-order valence-electron chi connectivity index (χ1n) is 20.4. The largest absolute Gasteiger partial charge is 0.481 e. The van der Waals surface area contributed by atoms with Crippen molar-refractivity contribution in [2.24, 2.45) is 17.6 Å². The van der Waals surface area contributed by atoms with E-state index < -0.39 is 77.3 Å². The van der Waals surface area contributed by atoms with Crippen LogP contribution >= 0.6 is 23.2 Å². The lowest BCUT2D eigenvalue weighted by molar-refractivity contribution is -0.145. The van der Waals surface area contributed by atoms with Gasteiger partial charge in [0.25, 0.3) is 0 Å². The minimum Gasteiger partial charge on any atom is -0.481 e. The van der Waals surface area contributed by atoms with Crippen LogP contribution in [0.1, 0.15) is 56.8 Å². The van der Waals surface area contributed by atoms with Gasteiger partial charge in [0.2, 0.25) is 17.3 Å². The van der Waals surface area contributed by atoms with Gasteiger partial charge in [-0.1, -0.05) is 64.4 Å². The number of aliphatic hydroxyl groups is 2. The first-order chi connectivity index (χ1) is 32.6. The average Bonchev–Trinajstić information content (AvgIpc) is 3.70. The van der Waals surface area contributed by atoms with Crippen molar-refractivity contribution < 1.29 is 57.3 Å². The Balaban J connectivity index is 0.000000266. The number of halogens is 6. The minimum atomic E-state index is -1.15. The fraction of sp³-hybridized carbons (Fsp3) is 0.250. The molecule has 0 saturated heterocycles. The van der Waals surface area contributed by atoms with Crippen LogP contribution in [0.15, 0.2) is 84.9 Å². The number of hydrogen-bond acceptors (Lipinski definition) is 10. The molecule has 21 heteroatoms. The number of para-hydroxylation sites is 1. The molecule has 0 bridgehead atoms. The van der Waals surface area contributed by atoms with Gasteiger partial charge in [0.15, 0.2) is 34.8 Å². The highest BCUT2D eigenvalue weighted by Crippen LogP contribution is 2.33. The van der Waals surface area contributed by atoms with Crippen LogP contribution in [0.25, 0.3) is 20.7 Å². The highest BCUT2D eigenvalue weighted by Gasteiger charge is 2.27. The Bertz CT molecular complexity index is 2900. The van der Waals surface area contributed by atoms with Crippen LogP contribution in [0.3, 0.4) is 0 Å². The number of carbonyl (C=O) groups excluding carboxylic acids is 3. The quantitative estimate of drug-likeness (QED) is 0.0278. The number of rotatable bonds is 13. The lowest BCUT2D eigenvalue weighted by Crippen LogP contribution is -2.40. The highest BCUT2D eigenvalue weighted by atomic mass is 35.5. The van der Waals surface area contributed by atoms with Crippen LogP contribution in [0.2, 0.25) is 10.0 Å². The number of Topliss-reactive ketones (excluding diaryl/α,β-unsaturated/α-hetero) is 2. The Morgan fingerprint density at radius 3 is 1.61 bits per heavy atom. The molecule has 0 radical (unpaired) electrons. The molecule has 0 saturated carbocycles. The van der Waals surface area contributed by atoms with Crippen molar-refractivity contribution in [1.82, 2.24) is 20.5 Å². The molecular formula is C48H45Cl2F4N7O8. The van der Waals surface area contributed by atoms with Gasteiger partial charge in [-0.2, -0.15) is 0 Å². The van der Waals surface area contributed by atoms with Crippen molar-refractivity contribution in [3.8, 4) is 0 Å². The van der Waals surface area contributed by atoms with Gasteiger partial charge in [-0.3, -0.25) is 19.2 Å². The third kappa shape index (κ3) is 15.6. The summed E-state index contributed by atoms with van der Waals surface area (Å²) in [6.45, 7) is 19.7. The summed E-state index contributed by atoms with van der Waals surface area (Å²) in [4.78, 5) is 53.9. The number of carboxylic acids is 1. The second-order valence-electron chi connectivity index (χ2n) is 15.0. The highest BCUT2D eigenvalue weighted by molar-refractivity contribution is 6.34. The Morgan fingerprint density at radius 2 is 1.19 bits per heavy atom. The van der Waals surface area contributed by atoms with Crippen LogP contribution in [-0.4, -0.2) is 84.4 Å². The fourth-order valence-electron chi connectivity index (χ4n) is 6.17. The van der Waals surface area contributed by atoms with Gasteiger partial charge >= 0.3 is 5.97 Å². The third-order valence-electron chi connectivity index (χ3n) is 10.3. The molecule has 0 spiro atoms. The average molecular weight is 995 g/mol. The lowest BCUT2D eigenvalue weighted by atomic mass is 9.91. The molecule has 1 amide bonds. The topological polar surface area (TPSA) is 227 Å². The number of nitrogens with one attached hydrogen (secondary N) is 1. The van der Waals surface area contributed by atoms with Crippen molar-refractivity contribution in [1.29, 1.82) is 0 Å². The van der Waals surface area contributed by atoms with E-state index in [1.807, 2.05) is 12.1 Å². The van der Waals surface area contributed by atoms with Gasteiger partial charge in [0, 0.05) is 11.1 Å². The number of benzene rings is 5. The Morgan fingerprint density at radius 1 is 0.725 bits per heavy atom. The summed E-state index contributed by atoms with van der Waals surface area (Å²) in [6, 6.07) is 19.3. The van der Waals surface area contributed by atoms with E-state index in [0.29, 0.717) is 44.1 Å². The smallest absolute Gasteiger partial charge is 0.309 e. The van der Waals surface area contributed by atoms with E-state index in [0.717, 1.165) is 40.7 Å². The molecule has 0 aliphatic carbocycles. The first kappa shape index (κ1) is 56.1. The van der Waals surface area contributed by atoms with E-state index in [1.165, 1.54) is 19.9 Å². The normalized spacial score (nSPS) is 12.2. The van der Waals surface area contributed by atoms with E-state index in [4.69, 9.17) is 52.4 Å². The molecule has 5 aromatic carbocycles. The lowest BCUT2D eigenvalue weighted by Gasteiger charge is -2.21. The predicted octanol–water partition coefficient (Wildman–Crippen LogP) is 8.61. The summed E-state index contributed by atoms with van der Waals surface area (Å²) in [7, 11) is 0. The number of carboxylic acid groups (broad SMARTS) is 1. The van der Waals surface area contributed by atoms with Gasteiger partial charge in [-0.05, 0) is 117 Å². The fourth-order valence-corrected chi connectivity index (χ4v) is 6.62. The molecule has 1 heterocycles. The number of fused-ring (bicyclic) bond motifs is 1. The van der Waals surface area contributed by atoms with E-state index in [2.05, 4.69) is 25.3 Å². The van der Waals surface area contributed by atoms with Gasteiger partial charge in [-0.15, -0.1) is 5.10 Å². The van der Waals surface area contributed by atoms with E-state index in [1.54, 1.807) is 50.2 Å². The molecular weight excluding hydrogens is 949 g/mol. The van der Waals surface area contributed by atoms with Crippen molar-refractivity contribution >= 4 is 69.1 Å². The number of nitrogens with zero attached hydrogens (tertiary/aromatic N) is 5. The molecule has 4 atom stereocenters. The zero-order valence-corrected chi connectivity index (χ0v) is 38.7. The summed E-state index contributed by atoms with van der Waals surface area (Å²) in [5, 5.41) is 47.6. The molecule has 0 fully saturated rings. The molecule has 0 unspecified atom stereocenters. The Labute approximate surface area is 403 Å². The van der Waals surface area contributed by atoms with Crippen molar-refractivity contribution in [3.63, 3.8) is 0 Å². The van der Waals surface area contributed by atoms with E-state index >= 15 is 0 Å². The summed E-state index contributed by atoms with van der Waals surface area (Å²) in [5.41, 5.74) is 9.77. The number of nitrogens with two attached hydrogens (primary N) is 1. The second-order valence-corrected chi connectivity index (χ2v) is 15.8. The molecule has 6 aromatic rings. The second kappa shape index (κ2) is 26.3. The maximum Gasteiger partial charge on any atom is 0.309 e.